The van der Waals surface area contributed by atoms with Gasteiger partial charge < -0.3 is 16.0 Å². The fourth-order valence-electron chi connectivity index (χ4n) is 3.57. The molecule has 3 aromatic rings. The van der Waals surface area contributed by atoms with Crippen molar-refractivity contribution in [2.45, 2.75) is 39.0 Å². The van der Waals surface area contributed by atoms with E-state index in [9.17, 15) is 9.59 Å². The van der Waals surface area contributed by atoms with Crippen molar-refractivity contribution in [3.8, 4) is 0 Å². The van der Waals surface area contributed by atoms with Crippen molar-refractivity contribution in [1.29, 1.82) is 0 Å². The number of nitrogens with two attached hydrogens (primary N) is 1. The van der Waals surface area contributed by atoms with E-state index in [1.54, 1.807) is 23.5 Å². The Morgan fingerprint density at radius 1 is 1.41 bits per heavy atom. The van der Waals surface area contributed by atoms with Crippen LogP contribution in [0, 0.1) is 5.92 Å². The van der Waals surface area contributed by atoms with Crippen LogP contribution in [0.3, 0.4) is 0 Å². The molecule has 140 valence electrons. The summed E-state index contributed by atoms with van der Waals surface area (Å²) in [6, 6.07) is 7.13. The summed E-state index contributed by atoms with van der Waals surface area (Å²) in [5.41, 5.74) is 8.05. The average molecular weight is 382 g/mol. The van der Waals surface area contributed by atoms with Crippen molar-refractivity contribution in [3.63, 3.8) is 0 Å². The van der Waals surface area contributed by atoms with Crippen LogP contribution in [0.25, 0.3) is 10.2 Å². The Labute approximate surface area is 160 Å². The number of benzene rings is 1. The number of aromatic amines is 1. The van der Waals surface area contributed by atoms with Crippen LogP contribution >= 0.6 is 11.3 Å². The lowest BCUT2D eigenvalue weighted by molar-refractivity contribution is -0.116. The van der Waals surface area contributed by atoms with Gasteiger partial charge in [0.1, 0.15) is 10.7 Å². The Kier molecular flexibility index (Phi) is 4.70. The summed E-state index contributed by atoms with van der Waals surface area (Å²) in [6.07, 6.45) is 3.68. The molecule has 0 radical (unpaired) electrons. The van der Waals surface area contributed by atoms with Gasteiger partial charge in [-0.3, -0.25) is 9.59 Å². The zero-order valence-electron chi connectivity index (χ0n) is 15.2. The number of hydrogen-bond acceptors (Lipinski definition) is 5. The van der Waals surface area contributed by atoms with Crippen LogP contribution in [0.5, 0.6) is 0 Å². The van der Waals surface area contributed by atoms with E-state index in [2.05, 4.69) is 22.2 Å². The Morgan fingerprint density at radius 2 is 2.22 bits per heavy atom. The molecule has 1 unspecified atom stereocenters. The van der Waals surface area contributed by atoms with Crippen LogP contribution in [-0.2, 0) is 24.1 Å². The van der Waals surface area contributed by atoms with Crippen LogP contribution in [0.15, 0.2) is 29.1 Å². The lowest BCUT2D eigenvalue weighted by atomic mass is 9.89. The number of nitrogens with zero attached hydrogens (tertiary/aromatic N) is 1. The van der Waals surface area contributed by atoms with Gasteiger partial charge in [0.05, 0.1) is 16.8 Å². The molecule has 2 heterocycles. The normalized spacial score (nSPS) is 16.3. The standard InChI is InChI=1S/C20H22N4O2S/c1-11-6-7-12-15(10-11)27-20-18(12)19(26)23-16(24-20)8-9-17(25)22-14-5-3-2-4-13(14)21/h2-5,11H,6-10,21H2,1H3,(H,22,25)(H,23,24,26). The van der Waals surface area contributed by atoms with E-state index in [0.717, 1.165) is 29.5 Å². The third-order valence-electron chi connectivity index (χ3n) is 5.04. The maximum atomic E-state index is 12.6. The Bertz CT molecular complexity index is 1070. The van der Waals surface area contributed by atoms with Crippen molar-refractivity contribution in [3.05, 3.63) is 50.9 Å². The van der Waals surface area contributed by atoms with Crippen molar-refractivity contribution >= 4 is 38.8 Å². The third-order valence-corrected chi connectivity index (χ3v) is 6.19. The van der Waals surface area contributed by atoms with Crippen LogP contribution in [-0.4, -0.2) is 15.9 Å². The molecule has 27 heavy (non-hydrogen) atoms. The number of amides is 1. The summed E-state index contributed by atoms with van der Waals surface area (Å²) in [5.74, 6) is 1.04. The number of nitrogens with one attached hydrogen (secondary N) is 2. The highest BCUT2D eigenvalue weighted by atomic mass is 32.1. The topological polar surface area (TPSA) is 101 Å². The first-order valence-corrected chi connectivity index (χ1v) is 10.0. The zero-order valence-corrected chi connectivity index (χ0v) is 16.0. The molecule has 1 aromatic carbocycles. The molecule has 7 heteroatoms. The summed E-state index contributed by atoms with van der Waals surface area (Å²) in [6.45, 7) is 2.24. The molecule has 1 atom stereocenters. The second-order valence-electron chi connectivity index (χ2n) is 7.18. The van der Waals surface area contributed by atoms with Gasteiger partial charge in [0, 0.05) is 17.7 Å². The first-order valence-electron chi connectivity index (χ1n) is 9.19. The molecule has 0 spiro atoms. The Hall–Kier alpha value is -2.67. The average Bonchev–Trinajstić information content (AvgIpc) is 2.99. The number of hydrogen-bond donors (Lipinski definition) is 3. The van der Waals surface area contributed by atoms with Gasteiger partial charge in [0.25, 0.3) is 5.56 Å². The molecule has 6 nitrogen and oxygen atoms in total. The number of rotatable bonds is 4. The summed E-state index contributed by atoms with van der Waals surface area (Å²) >= 11 is 1.62. The van der Waals surface area contributed by atoms with E-state index in [-0.39, 0.29) is 17.9 Å². The van der Waals surface area contributed by atoms with E-state index >= 15 is 0 Å². The maximum Gasteiger partial charge on any atom is 0.259 e. The largest absolute Gasteiger partial charge is 0.397 e. The molecule has 0 saturated heterocycles. The lowest BCUT2D eigenvalue weighted by Gasteiger charge is -2.17. The Morgan fingerprint density at radius 3 is 3.04 bits per heavy atom. The zero-order chi connectivity index (χ0) is 19.0. The fraction of sp³-hybridized carbons (Fsp3) is 0.350. The number of carbonyl (C=O) groups excluding carboxylic acids is 1. The fourth-order valence-corrected chi connectivity index (χ4v) is 4.97. The molecule has 0 saturated carbocycles. The van der Waals surface area contributed by atoms with Gasteiger partial charge in [0.15, 0.2) is 0 Å². The number of fused-ring (bicyclic) bond motifs is 3. The number of H-pyrrole nitrogens is 1. The molecular weight excluding hydrogens is 360 g/mol. The predicted molar refractivity (Wildman–Crippen MR) is 109 cm³/mol. The minimum atomic E-state index is -0.157. The quantitative estimate of drug-likeness (QED) is 0.603. The van der Waals surface area contributed by atoms with Gasteiger partial charge in [0.2, 0.25) is 5.91 Å². The molecular formula is C20H22N4O2S. The van der Waals surface area contributed by atoms with Gasteiger partial charge in [-0.1, -0.05) is 19.1 Å². The van der Waals surface area contributed by atoms with Gasteiger partial charge in [-0.15, -0.1) is 11.3 Å². The molecule has 0 aliphatic heterocycles. The van der Waals surface area contributed by atoms with Crippen molar-refractivity contribution in [1.82, 2.24) is 9.97 Å². The first-order chi connectivity index (χ1) is 13.0. The van der Waals surface area contributed by atoms with E-state index in [1.165, 1.54) is 10.4 Å². The number of nitrogen functional groups attached to an aromatic ring is 1. The highest BCUT2D eigenvalue weighted by Crippen LogP contribution is 2.35. The van der Waals surface area contributed by atoms with E-state index < -0.39 is 0 Å². The monoisotopic (exact) mass is 382 g/mol. The minimum Gasteiger partial charge on any atom is -0.397 e. The van der Waals surface area contributed by atoms with Crippen LogP contribution in [0.2, 0.25) is 0 Å². The van der Waals surface area contributed by atoms with Gasteiger partial charge in [-0.05, 0) is 42.9 Å². The molecule has 2 aromatic heterocycles. The van der Waals surface area contributed by atoms with E-state index in [1.807, 2.05) is 12.1 Å². The molecule has 0 bridgehead atoms. The highest BCUT2D eigenvalue weighted by molar-refractivity contribution is 7.18. The van der Waals surface area contributed by atoms with Gasteiger partial charge in [-0.2, -0.15) is 0 Å². The molecule has 1 amide bonds. The van der Waals surface area contributed by atoms with Crippen molar-refractivity contribution in [2.75, 3.05) is 11.1 Å². The number of aromatic nitrogens is 2. The van der Waals surface area contributed by atoms with Crippen molar-refractivity contribution in [2.24, 2.45) is 5.92 Å². The van der Waals surface area contributed by atoms with Crippen molar-refractivity contribution < 1.29 is 4.79 Å². The summed E-state index contributed by atoms with van der Waals surface area (Å²) in [4.78, 5) is 34.4. The smallest absolute Gasteiger partial charge is 0.259 e. The Balaban J connectivity index is 1.50. The summed E-state index contributed by atoms with van der Waals surface area (Å²) in [5, 5.41) is 3.54. The van der Waals surface area contributed by atoms with Crippen LogP contribution in [0.4, 0.5) is 11.4 Å². The minimum absolute atomic E-state index is 0.0882. The van der Waals surface area contributed by atoms with E-state index in [4.69, 9.17) is 5.73 Å². The molecule has 1 aliphatic rings. The van der Waals surface area contributed by atoms with Crippen LogP contribution < -0.4 is 16.6 Å². The maximum absolute atomic E-state index is 12.6. The first kappa shape index (κ1) is 17.7. The lowest BCUT2D eigenvalue weighted by Crippen LogP contribution is -2.17. The van der Waals surface area contributed by atoms with Crippen LogP contribution in [0.1, 0.15) is 36.0 Å². The molecule has 0 fully saturated rings. The summed E-state index contributed by atoms with van der Waals surface area (Å²) < 4.78 is 0. The molecule has 1 aliphatic carbocycles. The van der Waals surface area contributed by atoms with Gasteiger partial charge >= 0.3 is 0 Å². The molecule has 4 N–H and O–H groups in total. The summed E-state index contributed by atoms with van der Waals surface area (Å²) in [7, 11) is 0. The number of anilines is 2. The number of thiophene rings is 1. The van der Waals surface area contributed by atoms with Gasteiger partial charge in [-0.25, -0.2) is 4.98 Å². The SMILES string of the molecule is CC1CCc2c(sc3nc(CCC(=O)Nc4ccccc4N)[nH]c(=O)c23)C1. The number of carbonyl (C=O) groups is 1. The predicted octanol–water partition coefficient (Wildman–Crippen LogP) is 3.26. The second-order valence-corrected chi connectivity index (χ2v) is 8.26. The van der Waals surface area contributed by atoms with E-state index in [0.29, 0.717) is 29.5 Å². The number of aryl methyl sites for hydroxylation is 2. The second kappa shape index (κ2) is 7.15. The highest BCUT2D eigenvalue weighted by Gasteiger charge is 2.23. The third kappa shape index (κ3) is 3.60. The number of para-hydroxylation sites is 2. The molecule has 4 rings (SSSR count).